The number of hydrogen-bond acceptors (Lipinski definition) is 7. The average molecular weight is 429 g/mol. The number of carbonyl (C=O) groups is 1. The molecule has 0 bridgehead atoms. The van der Waals surface area contributed by atoms with Crippen molar-refractivity contribution in [1.29, 1.82) is 0 Å². The van der Waals surface area contributed by atoms with Crippen LogP contribution < -0.4 is 9.62 Å². The third kappa shape index (κ3) is 6.47. The molecular formula is C17H24N4O3S3. The number of aromatic nitrogens is 2. The Hall–Kier alpha value is -1.65. The van der Waals surface area contributed by atoms with Gasteiger partial charge in [0.05, 0.1) is 11.9 Å². The Kier molecular flexibility index (Phi) is 7.24. The number of amides is 1. The molecule has 1 heterocycles. The lowest BCUT2D eigenvalue weighted by molar-refractivity contribution is -0.114. The van der Waals surface area contributed by atoms with Crippen LogP contribution in [0.5, 0.6) is 0 Å². The number of nitrogens with zero attached hydrogens (tertiary/aromatic N) is 3. The van der Waals surface area contributed by atoms with Gasteiger partial charge in [-0.05, 0) is 31.4 Å². The highest BCUT2D eigenvalue weighted by molar-refractivity contribution is 8.01. The zero-order valence-corrected chi connectivity index (χ0v) is 18.5. The van der Waals surface area contributed by atoms with E-state index >= 15 is 0 Å². The highest BCUT2D eigenvalue weighted by atomic mass is 32.2. The number of thioether (sulfide) groups is 1. The van der Waals surface area contributed by atoms with Gasteiger partial charge in [0.1, 0.15) is 6.54 Å². The molecule has 0 saturated heterocycles. The Morgan fingerprint density at radius 2 is 2.00 bits per heavy atom. The molecule has 148 valence electrons. The predicted octanol–water partition coefficient (Wildman–Crippen LogP) is 3.31. The normalized spacial score (nSPS) is 11.6. The van der Waals surface area contributed by atoms with Gasteiger partial charge in [0, 0.05) is 5.75 Å². The second kappa shape index (κ2) is 9.03. The summed E-state index contributed by atoms with van der Waals surface area (Å²) < 4.78 is 26.3. The molecule has 0 spiro atoms. The Morgan fingerprint density at radius 3 is 2.59 bits per heavy atom. The van der Waals surface area contributed by atoms with Gasteiger partial charge in [-0.25, -0.2) is 8.42 Å². The predicted molar refractivity (Wildman–Crippen MR) is 112 cm³/mol. The summed E-state index contributed by atoms with van der Waals surface area (Å²) in [5, 5.41) is 11.0. The fourth-order valence-electron chi connectivity index (χ4n) is 2.31. The summed E-state index contributed by atoms with van der Waals surface area (Å²) in [4.78, 5) is 12.4. The molecule has 0 atom stereocenters. The molecule has 2 rings (SSSR count). The van der Waals surface area contributed by atoms with E-state index in [1.165, 1.54) is 11.3 Å². The molecule has 1 amide bonds. The summed E-state index contributed by atoms with van der Waals surface area (Å²) in [5.41, 5.74) is 2.30. The molecule has 1 N–H and O–H groups in total. The monoisotopic (exact) mass is 428 g/mol. The number of anilines is 2. The molecule has 2 aromatic rings. The lowest BCUT2D eigenvalue weighted by Gasteiger charge is -2.23. The molecule has 0 aliphatic carbocycles. The summed E-state index contributed by atoms with van der Waals surface area (Å²) in [6.45, 7) is 7.66. The van der Waals surface area contributed by atoms with E-state index in [0.29, 0.717) is 16.7 Å². The lowest BCUT2D eigenvalue weighted by atomic mass is 10.1. The number of hydrogen-bond donors (Lipinski definition) is 1. The number of aryl methyl sites for hydroxylation is 2. The van der Waals surface area contributed by atoms with E-state index in [9.17, 15) is 13.2 Å². The molecule has 0 radical (unpaired) electrons. The van der Waals surface area contributed by atoms with Crippen molar-refractivity contribution < 1.29 is 13.2 Å². The smallest absolute Gasteiger partial charge is 0.246 e. The van der Waals surface area contributed by atoms with Gasteiger partial charge in [-0.2, -0.15) is 0 Å². The number of benzene rings is 1. The van der Waals surface area contributed by atoms with Crippen LogP contribution in [-0.4, -0.2) is 43.1 Å². The van der Waals surface area contributed by atoms with Gasteiger partial charge < -0.3 is 0 Å². The first kappa shape index (κ1) is 21.6. The molecule has 0 aliphatic rings. The summed E-state index contributed by atoms with van der Waals surface area (Å²) in [5.74, 6) is 0.979. The van der Waals surface area contributed by atoms with Gasteiger partial charge >= 0.3 is 0 Å². The van der Waals surface area contributed by atoms with E-state index in [2.05, 4.69) is 29.4 Å². The van der Waals surface area contributed by atoms with Crippen molar-refractivity contribution in [3.05, 3.63) is 29.3 Å². The maximum atomic E-state index is 12.4. The second-order valence-electron chi connectivity index (χ2n) is 6.69. The van der Waals surface area contributed by atoms with Crippen molar-refractivity contribution in [2.75, 3.05) is 28.2 Å². The Bertz CT molecular complexity index is 910. The minimum absolute atomic E-state index is 0.323. The molecule has 1 aromatic carbocycles. The lowest BCUT2D eigenvalue weighted by Crippen LogP contribution is -2.37. The van der Waals surface area contributed by atoms with Crippen molar-refractivity contribution in [2.45, 2.75) is 32.0 Å². The Balaban J connectivity index is 2.11. The van der Waals surface area contributed by atoms with E-state index in [0.717, 1.165) is 31.8 Å². The third-order valence-electron chi connectivity index (χ3n) is 3.50. The van der Waals surface area contributed by atoms with E-state index in [-0.39, 0.29) is 6.54 Å². The molecule has 1 aromatic heterocycles. The molecule has 27 heavy (non-hydrogen) atoms. The molecule has 0 saturated carbocycles. The van der Waals surface area contributed by atoms with Crippen LogP contribution >= 0.6 is 23.1 Å². The zero-order chi connectivity index (χ0) is 20.2. The number of rotatable bonds is 8. The van der Waals surface area contributed by atoms with Crippen molar-refractivity contribution >= 4 is 49.8 Å². The highest BCUT2D eigenvalue weighted by Crippen LogP contribution is 2.27. The Labute approximate surface area is 168 Å². The first-order valence-electron chi connectivity index (χ1n) is 8.37. The van der Waals surface area contributed by atoms with Crippen LogP contribution in [0.25, 0.3) is 0 Å². The summed E-state index contributed by atoms with van der Waals surface area (Å²) >= 11 is 2.86. The molecule has 0 fully saturated rings. The van der Waals surface area contributed by atoms with Gasteiger partial charge in [0.25, 0.3) is 0 Å². The fraction of sp³-hybridized carbons (Fsp3) is 0.471. The van der Waals surface area contributed by atoms with Gasteiger partial charge in [-0.3, -0.25) is 14.4 Å². The zero-order valence-electron chi connectivity index (χ0n) is 16.0. The van der Waals surface area contributed by atoms with Gasteiger partial charge in [-0.1, -0.05) is 54.6 Å². The fourth-order valence-corrected chi connectivity index (χ4v) is 4.97. The SMILES string of the molecule is Cc1ccc(N(CC(=O)Nc2nnc(SCC(C)C)s2)S(C)(=O)=O)c(C)c1. The molecular weight excluding hydrogens is 404 g/mol. The quantitative estimate of drug-likeness (QED) is 0.512. The minimum Gasteiger partial charge on any atom is -0.299 e. The van der Waals surface area contributed by atoms with Crippen LogP contribution in [0.4, 0.5) is 10.8 Å². The third-order valence-corrected chi connectivity index (χ3v) is 7.03. The highest BCUT2D eigenvalue weighted by Gasteiger charge is 2.23. The topological polar surface area (TPSA) is 92.3 Å². The van der Waals surface area contributed by atoms with Gasteiger partial charge in [0.15, 0.2) is 4.34 Å². The van der Waals surface area contributed by atoms with Crippen molar-refractivity contribution in [2.24, 2.45) is 5.92 Å². The number of sulfonamides is 1. The number of carbonyl (C=O) groups excluding carboxylic acids is 1. The second-order valence-corrected chi connectivity index (χ2v) is 10.8. The van der Waals surface area contributed by atoms with Crippen LogP contribution in [0.15, 0.2) is 22.5 Å². The van der Waals surface area contributed by atoms with Crippen LogP contribution in [0.1, 0.15) is 25.0 Å². The largest absolute Gasteiger partial charge is 0.299 e. The van der Waals surface area contributed by atoms with Gasteiger partial charge in [0.2, 0.25) is 21.1 Å². The van der Waals surface area contributed by atoms with Crippen LogP contribution in [0, 0.1) is 19.8 Å². The van der Waals surface area contributed by atoms with Crippen molar-refractivity contribution in [3.63, 3.8) is 0 Å². The van der Waals surface area contributed by atoms with Crippen molar-refractivity contribution in [3.8, 4) is 0 Å². The standard InChI is InChI=1S/C17H24N4O3S3/c1-11(2)10-25-17-20-19-16(26-17)18-15(22)9-21(27(5,23)24)14-7-6-12(3)8-13(14)4/h6-8,11H,9-10H2,1-5H3,(H,18,19,22). The average Bonchev–Trinajstić information content (AvgIpc) is 2.98. The maximum Gasteiger partial charge on any atom is 0.246 e. The minimum atomic E-state index is -3.62. The molecule has 0 unspecified atom stereocenters. The van der Waals surface area contributed by atoms with Crippen LogP contribution in [0.3, 0.4) is 0 Å². The van der Waals surface area contributed by atoms with E-state index in [4.69, 9.17) is 0 Å². The van der Waals surface area contributed by atoms with Crippen LogP contribution in [0.2, 0.25) is 0 Å². The Morgan fingerprint density at radius 1 is 1.30 bits per heavy atom. The summed E-state index contributed by atoms with van der Waals surface area (Å²) in [7, 11) is -3.62. The van der Waals surface area contributed by atoms with Crippen molar-refractivity contribution in [1.82, 2.24) is 10.2 Å². The number of nitrogens with one attached hydrogen (secondary N) is 1. The summed E-state index contributed by atoms with van der Waals surface area (Å²) in [6.07, 6.45) is 1.09. The maximum absolute atomic E-state index is 12.4. The van der Waals surface area contributed by atoms with Crippen LogP contribution in [-0.2, 0) is 14.8 Å². The van der Waals surface area contributed by atoms with E-state index in [1.54, 1.807) is 17.8 Å². The summed E-state index contributed by atoms with van der Waals surface area (Å²) in [6, 6.07) is 5.42. The van der Waals surface area contributed by atoms with E-state index in [1.807, 2.05) is 26.0 Å². The van der Waals surface area contributed by atoms with E-state index < -0.39 is 15.9 Å². The van der Waals surface area contributed by atoms with Gasteiger partial charge in [-0.15, -0.1) is 10.2 Å². The molecule has 10 heteroatoms. The first-order chi connectivity index (χ1) is 12.6. The molecule has 0 aliphatic heterocycles. The molecule has 7 nitrogen and oxygen atoms in total. The first-order valence-corrected chi connectivity index (χ1v) is 12.0.